The molecule has 1 heterocycles. The van der Waals surface area contributed by atoms with Crippen molar-refractivity contribution in [1.82, 2.24) is 5.32 Å². The van der Waals surface area contributed by atoms with E-state index in [9.17, 15) is 13.2 Å². The van der Waals surface area contributed by atoms with E-state index in [1.54, 1.807) is 31.4 Å². The summed E-state index contributed by atoms with van der Waals surface area (Å²) < 4.78 is 30.3. The first-order valence-electron chi connectivity index (χ1n) is 7.25. The van der Waals surface area contributed by atoms with Gasteiger partial charge in [-0.15, -0.1) is 11.3 Å². The Bertz CT molecular complexity index is 774. The van der Waals surface area contributed by atoms with E-state index in [0.29, 0.717) is 4.34 Å². The van der Waals surface area contributed by atoms with Crippen LogP contribution in [0.15, 0.2) is 47.4 Å². The maximum absolute atomic E-state index is 12.1. The van der Waals surface area contributed by atoms with Gasteiger partial charge in [-0.05, 0) is 24.3 Å². The second-order valence-corrected chi connectivity index (χ2v) is 8.91. The molecule has 0 aliphatic heterocycles. The van der Waals surface area contributed by atoms with Gasteiger partial charge >= 0.3 is 0 Å². The lowest BCUT2D eigenvalue weighted by Gasteiger charge is -2.14. The van der Waals surface area contributed by atoms with Crippen LogP contribution >= 0.6 is 22.9 Å². The Kier molecular flexibility index (Phi) is 6.79. The highest BCUT2D eigenvalue weighted by atomic mass is 35.5. The van der Waals surface area contributed by atoms with Gasteiger partial charge < -0.3 is 10.1 Å². The molecule has 1 aromatic heterocycles. The van der Waals surface area contributed by atoms with Gasteiger partial charge in [-0.1, -0.05) is 29.8 Å². The Morgan fingerprint density at radius 3 is 2.54 bits per heavy atom. The summed E-state index contributed by atoms with van der Waals surface area (Å²) in [6.45, 7) is 0.261. The lowest BCUT2D eigenvalue weighted by atomic mass is 10.3. The second-order valence-electron chi connectivity index (χ2n) is 5.05. The number of rotatable bonds is 8. The zero-order chi connectivity index (χ0) is 17.6. The molecule has 8 heteroatoms. The largest absolute Gasteiger partial charge is 0.374 e. The SMILES string of the molecule is CO[C@H](CNC(=O)CCS(=O)(=O)c1ccccc1)c1ccc(Cl)s1. The van der Waals surface area contributed by atoms with E-state index in [0.717, 1.165) is 4.88 Å². The van der Waals surface area contributed by atoms with Gasteiger partial charge in [0.15, 0.2) is 9.84 Å². The molecule has 2 aromatic rings. The number of halogens is 1. The summed E-state index contributed by atoms with van der Waals surface area (Å²) in [6, 6.07) is 11.7. The molecular formula is C16H18ClNO4S2. The molecule has 5 nitrogen and oxygen atoms in total. The number of hydrogen-bond acceptors (Lipinski definition) is 5. The minimum Gasteiger partial charge on any atom is -0.374 e. The van der Waals surface area contributed by atoms with Gasteiger partial charge in [0.1, 0.15) is 6.10 Å². The van der Waals surface area contributed by atoms with Gasteiger partial charge in [0, 0.05) is 25.0 Å². The van der Waals surface area contributed by atoms with Crippen molar-refractivity contribution in [2.24, 2.45) is 0 Å². The Hall–Kier alpha value is -1.41. The normalized spacial score (nSPS) is 12.8. The number of benzene rings is 1. The van der Waals surface area contributed by atoms with Crippen LogP contribution in [0, 0.1) is 0 Å². The van der Waals surface area contributed by atoms with Gasteiger partial charge in [0.05, 0.1) is 15.0 Å². The molecule has 24 heavy (non-hydrogen) atoms. The van der Waals surface area contributed by atoms with Crippen molar-refractivity contribution in [2.75, 3.05) is 19.4 Å². The fraction of sp³-hybridized carbons (Fsp3) is 0.312. The third-order valence-corrected chi connectivity index (χ3v) is 6.44. The van der Waals surface area contributed by atoms with Crippen molar-refractivity contribution in [1.29, 1.82) is 0 Å². The van der Waals surface area contributed by atoms with Gasteiger partial charge in [-0.2, -0.15) is 0 Å². The summed E-state index contributed by atoms with van der Waals surface area (Å²) in [7, 11) is -1.91. The van der Waals surface area contributed by atoms with Gasteiger partial charge in [0.2, 0.25) is 5.91 Å². The van der Waals surface area contributed by atoms with E-state index in [-0.39, 0.29) is 35.6 Å². The third-order valence-electron chi connectivity index (χ3n) is 3.38. The van der Waals surface area contributed by atoms with Crippen LogP contribution in [-0.4, -0.2) is 33.7 Å². The van der Waals surface area contributed by atoms with Crippen molar-refractivity contribution in [3.8, 4) is 0 Å². The topological polar surface area (TPSA) is 72.5 Å². The number of nitrogens with one attached hydrogen (secondary N) is 1. The smallest absolute Gasteiger partial charge is 0.221 e. The zero-order valence-corrected chi connectivity index (χ0v) is 15.5. The van der Waals surface area contributed by atoms with Crippen LogP contribution < -0.4 is 5.32 Å². The number of carbonyl (C=O) groups is 1. The molecule has 130 valence electrons. The molecule has 0 unspecified atom stereocenters. The summed E-state index contributed by atoms with van der Waals surface area (Å²) in [5.74, 6) is -0.565. The number of sulfone groups is 1. The molecule has 1 N–H and O–H groups in total. The lowest BCUT2D eigenvalue weighted by molar-refractivity contribution is -0.121. The van der Waals surface area contributed by atoms with Crippen LogP contribution in [0.3, 0.4) is 0 Å². The summed E-state index contributed by atoms with van der Waals surface area (Å²) in [5, 5.41) is 2.70. The van der Waals surface area contributed by atoms with Crippen LogP contribution in [0.2, 0.25) is 4.34 Å². The fourth-order valence-electron chi connectivity index (χ4n) is 2.07. The first kappa shape index (κ1) is 18.9. The molecule has 0 aliphatic carbocycles. The highest BCUT2D eigenvalue weighted by Crippen LogP contribution is 2.28. The number of hydrogen-bond donors (Lipinski definition) is 1. The predicted octanol–water partition coefficient (Wildman–Crippen LogP) is 3.07. The highest BCUT2D eigenvalue weighted by molar-refractivity contribution is 7.91. The monoisotopic (exact) mass is 387 g/mol. The van der Waals surface area contributed by atoms with Crippen LogP contribution in [0.25, 0.3) is 0 Å². The Morgan fingerprint density at radius 2 is 1.96 bits per heavy atom. The third kappa shape index (κ3) is 5.31. The summed E-state index contributed by atoms with van der Waals surface area (Å²) in [6.07, 6.45) is -0.407. The summed E-state index contributed by atoms with van der Waals surface area (Å²) >= 11 is 7.27. The number of ether oxygens (including phenoxy) is 1. The molecule has 0 saturated heterocycles. The second kappa shape index (κ2) is 8.62. The minimum absolute atomic E-state index is 0.0984. The molecule has 0 saturated carbocycles. The Labute approximate surface area is 150 Å². The van der Waals surface area contributed by atoms with E-state index in [4.69, 9.17) is 16.3 Å². The van der Waals surface area contributed by atoms with E-state index < -0.39 is 9.84 Å². The average molecular weight is 388 g/mol. The molecule has 0 fully saturated rings. The average Bonchev–Trinajstić information content (AvgIpc) is 3.01. The van der Waals surface area contributed by atoms with Crippen LogP contribution in [-0.2, 0) is 19.4 Å². The predicted molar refractivity (Wildman–Crippen MR) is 95.2 cm³/mol. The van der Waals surface area contributed by atoms with Crippen molar-refractivity contribution in [3.05, 3.63) is 51.7 Å². The number of methoxy groups -OCH3 is 1. The van der Waals surface area contributed by atoms with Gasteiger partial charge in [-0.25, -0.2) is 8.42 Å². The van der Waals surface area contributed by atoms with Crippen molar-refractivity contribution >= 4 is 38.7 Å². The van der Waals surface area contributed by atoms with Crippen LogP contribution in [0.5, 0.6) is 0 Å². The maximum atomic E-state index is 12.1. The van der Waals surface area contributed by atoms with Crippen LogP contribution in [0.4, 0.5) is 0 Å². The molecule has 0 radical (unpaired) electrons. The highest BCUT2D eigenvalue weighted by Gasteiger charge is 2.18. The fourth-order valence-corrected chi connectivity index (χ4v) is 4.47. The van der Waals surface area contributed by atoms with E-state index >= 15 is 0 Å². The molecular weight excluding hydrogens is 370 g/mol. The van der Waals surface area contributed by atoms with Crippen molar-refractivity contribution in [3.63, 3.8) is 0 Å². The Morgan fingerprint density at radius 1 is 1.25 bits per heavy atom. The molecule has 1 atom stereocenters. The number of thiophene rings is 1. The van der Waals surface area contributed by atoms with E-state index in [2.05, 4.69) is 5.32 Å². The van der Waals surface area contributed by atoms with E-state index in [1.165, 1.54) is 23.5 Å². The van der Waals surface area contributed by atoms with Crippen molar-refractivity contribution in [2.45, 2.75) is 17.4 Å². The minimum atomic E-state index is -3.46. The first-order chi connectivity index (χ1) is 11.4. The lowest BCUT2D eigenvalue weighted by Crippen LogP contribution is -2.30. The first-order valence-corrected chi connectivity index (χ1v) is 10.1. The quantitative estimate of drug-likeness (QED) is 0.755. The van der Waals surface area contributed by atoms with Crippen molar-refractivity contribution < 1.29 is 17.9 Å². The molecule has 0 spiro atoms. The van der Waals surface area contributed by atoms with E-state index in [1.807, 2.05) is 6.07 Å². The molecule has 0 bridgehead atoms. The summed E-state index contributed by atoms with van der Waals surface area (Å²) in [4.78, 5) is 13.0. The Balaban J connectivity index is 1.85. The standard InChI is InChI=1S/C16H18ClNO4S2/c1-22-13(14-7-8-15(17)23-14)11-18-16(19)9-10-24(20,21)12-5-3-2-4-6-12/h2-8,13H,9-11H2,1H3,(H,18,19)/t13-/m1/s1. The molecule has 0 aliphatic rings. The summed E-state index contributed by atoms with van der Waals surface area (Å²) in [5.41, 5.74) is 0. The molecule has 1 aromatic carbocycles. The number of carbonyl (C=O) groups excluding carboxylic acids is 1. The van der Waals surface area contributed by atoms with Crippen LogP contribution in [0.1, 0.15) is 17.4 Å². The maximum Gasteiger partial charge on any atom is 0.221 e. The van der Waals surface area contributed by atoms with Gasteiger partial charge in [0.25, 0.3) is 0 Å². The number of amides is 1. The molecule has 1 amide bonds. The van der Waals surface area contributed by atoms with Gasteiger partial charge in [-0.3, -0.25) is 4.79 Å². The molecule has 2 rings (SSSR count). The zero-order valence-electron chi connectivity index (χ0n) is 13.1.